The molecule has 2 aliphatic rings. The topological polar surface area (TPSA) is 123 Å². The number of halogens is 3. The zero-order valence-corrected chi connectivity index (χ0v) is 20.1. The number of aryl methyl sites for hydroxylation is 1. The van der Waals surface area contributed by atoms with Crippen molar-refractivity contribution in [2.24, 2.45) is 13.0 Å². The molecule has 0 spiro atoms. The first-order valence-corrected chi connectivity index (χ1v) is 12.9. The number of fused-ring (bicyclic) bond motifs is 2. The van der Waals surface area contributed by atoms with Gasteiger partial charge in [0, 0.05) is 67.7 Å². The molecule has 1 aromatic carbocycles. The van der Waals surface area contributed by atoms with Gasteiger partial charge in [0.2, 0.25) is 10.0 Å². The average Bonchev–Trinajstić information content (AvgIpc) is 3.54. The van der Waals surface area contributed by atoms with Crippen molar-refractivity contribution in [2.75, 3.05) is 25.0 Å². The number of carbonyl (C=O) groups excluding carboxylic acids is 2. The van der Waals surface area contributed by atoms with Gasteiger partial charge < -0.3 is 19.5 Å². The highest BCUT2D eigenvalue weighted by atomic mass is 32.2. The van der Waals surface area contributed by atoms with Gasteiger partial charge in [-0.1, -0.05) is 0 Å². The van der Waals surface area contributed by atoms with Gasteiger partial charge >= 0.3 is 0 Å². The molecule has 10 nitrogen and oxygen atoms in total. The number of benzene rings is 1. The van der Waals surface area contributed by atoms with E-state index in [4.69, 9.17) is 4.74 Å². The monoisotopic (exact) mass is 541 g/mol. The van der Waals surface area contributed by atoms with Crippen LogP contribution < -0.4 is 14.8 Å². The summed E-state index contributed by atoms with van der Waals surface area (Å²) in [4.78, 5) is 30.8. The van der Waals surface area contributed by atoms with Crippen molar-refractivity contribution in [1.29, 1.82) is 0 Å². The number of aromatic nitrogens is 2. The molecular weight excluding hydrogens is 523 g/mol. The third kappa shape index (κ3) is 4.22. The minimum absolute atomic E-state index is 0.0219. The van der Waals surface area contributed by atoms with E-state index in [1.165, 1.54) is 40.2 Å². The van der Waals surface area contributed by atoms with Crippen molar-refractivity contribution in [2.45, 2.75) is 10.9 Å². The molecule has 0 radical (unpaired) electrons. The van der Waals surface area contributed by atoms with Gasteiger partial charge in [-0.05, 0) is 0 Å². The SMILES string of the molecule is Cn1cc2c(c1C(=O)Nc1cc(F)c(F)c(F)c1)OC[C@H]1CN(C(=O)c3nccs3)C[C@H]1NS2(=O)=O. The Labute approximate surface area is 206 Å². The second kappa shape index (κ2) is 8.90. The number of thiazole rings is 1. The zero-order valence-electron chi connectivity index (χ0n) is 18.5. The van der Waals surface area contributed by atoms with Crippen LogP contribution >= 0.6 is 11.3 Å². The maximum atomic E-state index is 13.6. The van der Waals surface area contributed by atoms with E-state index in [-0.39, 0.29) is 52.6 Å². The molecule has 0 aliphatic carbocycles. The van der Waals surface area contributed by atoms with E-state index >= 15 is 0 Å². The Hall–Kier alpha value is -3.43. The first kappa shape index (κ1) is 24.3. The van der Waals surface area contributed by atoms with Gasteiger partial charge in [-0.2, -0.15) is 0 Å². The first-order valence-electron chi connectivity index (χ1n) is 10.5. The van der Waals surface area contributed by atoms with Crippen LogP contribution in [-0.2, 0) is 17.1 Å². The average molecular weight is 542 g/mol. The van der Waals surface area contributed by atoms with Crippen LogP contribution in [0.15, 0.2) is 34.8 Å². The smallest absolute Gasteiger partial charge is 0.282 e. The molecule has 1 saturated heterocycles. The highest BCUT2D eigenvalue weighted by Gasteiger charge is 2.42. The highest BCUT2D eigenvalue weighted by molar-refractivity contribution is 7.89. The molecule has 190 valence electrons. The van der Waals surface area contributed by atoms with Crippen LogP contribution in [0.1, 0.15) is 20.3 Å². The predicted octanol–water partition coefficient (Wildman–Crippen LogP) is 1.96. The third-order valence-electron chi connectivity index (χ3n) is 5.94. The number of carbonyl (C=O) groups is 2. The zero-order chi connectivity index (χ0) is 25.8. The summed E-state index contributed by atoms with van der Waals surface area (Å²) in [5, 5.41) is 4.18. The van der Waals surface area contributed by atoms with Crippen molar-refractivity contribution in [3.05, 3.63) is 58.1 Å². The molecule has 0 saturated carbocycles. The summed E-state index contributed by atoms with van der Waals surface area (Å²) in [7, 11) is -2.78. The second-order valence-electron chi connectivity index (χ2n) is 8.34. The minimum Gasteiger partial charge on any atom is -0.489 e. The van der Waals surface area contributed by atoms with E-state index in [2.05, 4.69) is 15.0 Å². The second-order valence-corrected chi connectivity index (χ2v) is 10.9. The van der Waals surface area contributed by atoms with Crippen LogP contribution in [-0.4, -0.2) is 60.4 Å². The Kier molecular flexibility index (Phi) is 6.00. The van der Waals surface area contributed by atoms with E-state index in [0.717, 1.165) is 0 Å². The van der Waals surface area contributed by atoms with E-state index < -0.39 is 45.3 Å². The lowest BCUT2D eigenvalue weighted by Gasteiger charge is -2.23. The van der Waals surface area contributed by atoms with E-state index in [1.807, 2.05) is 0 Å². The number of nitrogens with zero attached hydrogens (tertiary/aromatic N) is 3. The first-order chi connectivity index (χ1) is 17.0. The predicted molar refractivity (Wildman–Crippen MR) is 121 cm³/mol. The fourth-order valence-corrected chi connectivity index (χ4v) is 6.34. The van der Waals surface area contributed by atoms with Gasteiger partial charge in [0.25, 0.3) is 11.8 Å². The summed E-state index contributed by atoms with van der Waals surface area (Å²) >= 11 is 1.17. The lowest BCUT2D eigenvalue weighted by molar-refractivity contribution is 0.0781. The van der Waals surface area contributed by atoms with Crippen molar-refractivity contribution in [3.8, 4) is 5.75 Å². The minimum atomic E-state index is -4.18. The van der Waals surface area contributed by atoms with Crippen LogP contribution in [0.4, 0.5) is 18.9 Å². The molecule has 2 aliphatic heterocycles. The number of hydrogen-bond donors (Lipinski definition) is 2. The van der Waals surface area contributed by atoms with Crippen LogP contribution in [0.2, 0.25) is 0 Å². The Morgan fingerprint density at radius 2 is 1.94 bits per heavy atom. The molecule has 15 heteroatoms. The molecule has 36 heavy (non-hydrogen) atoms. The number of ether oxygens (including phenoxy) is 1. The summed E-state index contributed by atoms with van der Waals surface area (Å²) in [5.74, 6) is -6.62. The van der Waals surface area contributed by atoms with Gasteiger partial charge in [0.1, 0.15) is 4.90 Å². The maximum absolute atomic E-state index is 13.6. The number of anilines is 1. The fraction of sp³-hybridized carbons (Fsp3) is 0.286. The maximum Gasteiger partial charge on any atom is 0.282 e. The summed E-state index contributed by atoms with van der Waals surface area (Å²) in [6.45, 7) is 0.290. The lowest BCUT2D eigenvalue weighted by atomic mass is 10.1. The van der Waals surface area contributed by atoms with Crippen molar-refractivity contribution in [3.63, 3.8) is 0 Å². The van der Waals surface area contributed by atoms with Gasteiger partial charge in [-0.3, -0.25) is 9.59 Å². The van der Waals surface area contributed by atoms with Crippen molar-refractivity contribution < 1.29 is 35.9 Å². The van der Waals surface area contributed by atoms with Crippen LogP contribution in [0.5, 0.6) is 5.75 Å². The van der Waals surface area contributed by atoms with E-state index in [9.17, 15) is 31.2 Å². The summed E-state index contributed by atoms with van der Waals surface area (Å²) < 4.78 is 76.4. The van der Waals surface area contributed by atoms with Gasteiger partial charge in [-0.25, -0.2) is 31.3 Å². The van der Waals surface area contributed by atoms with Crippen LogP contribution in [0.3, 0.4) is 0 Å². The number of amides is 2. The van der Waals surface area contributed by atoms with E-state index in [1.54, 1.807) is 5.38 Å². The Bertz CT molecular complexity index is 1450. The van der Waals surface area contributed by atoms with Crippen LogP contribution in [0, 0.1) is 23.4 Å². The normalized spacial score (nSPS) is 20.6. The Morgan fingerprint density at radius 3 is 2.61 bits per heavy atom. The van der Waals surface area contributed by atoms with Crippen molar-refractivity contribution >= 4 is 38.9 Å². The van der Waals surface area contributed by atoms with Crippen LogP contribution in [0.25, 0.3) is 0 Å². The standard InChI is InChI=1S/C21H18F3N5O5S2/c1-28-8-15-18(17(28)19(30)26-11-4-12(22)16(24)13(23)5-11)34-9-10-6-29(7-14(10)27-36(15,32)33)21(31)20-25-2-3-35-20/h2-5,8,10,14,27H,6-7,9H2,1H3,(H,26,30)/t10-,14-/m1/s1. The third-order valence-corrected chi connectivity index (χ3v) is 8.18. The van der Waals surface area contributed by atoms with Gasteiger partial charge in [-0.15, -0.1) is 11.3 Å². The van der Waals surface area contributed by atoms with E-state index in [0.29, 0.717) is 12.1 Å². The largest absolute Gasteiger partial charge is 0.489 e. The lowest BCUT2D eigenvalue weighted by Crippen LogP contribution is -2.43. The molecule has 3 aromatic rings. The fourth-order valence-electron chi connectivity index (χ4n) is 4.25. The Balaban J connectivity index is 1.42. The number of rotatable bonds is 3. The van der Waals surface area contributed by atoms with Crippen molar-refractivity contribution in [1.82, 2.24) is 19.2 Å². The molecule has 2 aromatic heterocycles. The summed E-state index contributed by atoms with van der Waals surface area (Å²) in [6, 6.07) is 0.563. The molecule has 0 unspecified atom stereocenters. The number of hydrogen-bond acceptors (Lipinski definition) is 7. The quantitative estimate of drug-likeness (QED) is 0.489. The molecule has 0 bridgehead atoms. The summed E-state index contributed by atoms with van der Waals surface area (Å²) in [6.07, 6.45) is 2.67. The molecule has 2 N–H and O–H groups in total. The molecule has 1 fully saturated rings. The molecule has 2 atom stereocenters. The number of sulfonamides is 1. The Morgan fingerprint density at radius 1 is 1.22 bits per heavy atom. The van der Waals surface area contributed by atoms with Gasteiger partial charge in [0.15, 0.2) is 33.9 Å². The highest BCUT2D eigenvalue weighted by Crippen LogP contribution is 2.35. The molecule has 4 heterocycles. The molecular formula is C21H18F3N5O5S2. The molecule has 5 rings (SSSR count). The number of nitrogens with one attached hydrogen (secondary N) is 2. The molecule has 2 amide bonds. The summed E-state index contributed by atoms with van der Waals surface area (Å²) in [5.41, 5.74) is -0.599. The number of likely N-dealkylation sites (tertiary alicyclic amines) is 1. The van der Waals surface area contributed by atoms with Gasteiger partial charge in [0.05, 0.1) is 6.61 Å².